The summed E-state index contributed by atoms with van der Waals surface area (Å²) >= 11 is 0. The summed E-state index contributed by atoms with van der Waals surface area (Å²) in [5, 5.41) is 7.23. The van der Waals surface area contributed by atoms with E-state index in [0.717, 1.165) is 0 Å². The lowest BCUT2D eigenvalue weighted by atomic mass is 10.1. The first kappa shape index (κ1) is 9.73. The Balaban J connectivity index is 4.60. The smallest absolute Gasteiger partial charge is 0.211 e. The maximum Gasteiger partial charge on any atom is 0.249 e. The molecule has 0 amide bonds. The van der Waals surface area contributed by atoms with Gasteiger partial charge in [-0.3, -0.25) is 0 Å². The molecule has 0 aliphatic rings. The first-order valence-corrected chi connectivity index (χ1v) is 5.10. The van der Waals surface area contributed by atoms with E-state index in [4.69, 9.17) is 15.9 Å². The molecule has 0 N–H and O–H groups in total. The Labute approximate surface area is 65.0 Å². The van der Waals surface area contributed by atoms with Crippen molar-refractivity contribution in [2.24, 2.45) is 5.92 Å². The van der Waals surface area contributed by atoms with Crippen molar-refractivity contribution in [3.05, 3.63) is 0 Å². The second kappa shape index (κ2) is 3.22. The first-order valence-electron chi connectivity index (χ1n) is 2.72. The Morgan fingerprint density at radius 2 is 1.90 bits per heavy atom. The molecule has 0 aliphatic carbocycles. The van der Waals surface area contributed by atoms with Crippen molar-refractivity contribution in [1.82, 2.24) is 0 Å². The van der Waals surface area contributed by atoms with E-state index in [1.165, 1.54) is 0 Å². The van der Waals surface area contributed by atoms with Crippen molar-refractivity contribution in [3.8, 4) is 6.07 Å². The van der Waals surface area contributed by atoms with Gasteiger partial charge in [0.1, 0.15) is 0 Å². The molecule has 0 aliphatic heterocycles. The minimum atomic E-state index is -3.70. The lowest BCUT2D eigenvalue weighted by molar-refractivity contribution is 0.577. The molecule has 0 radical (unpaired) electrons. The average molecular weight is 182 g/mol. The van der Waals surface area contributed by atoms with E-state index >= 15 is 0 Å². The van der Waals surface area contributed by atoms with Crippen LogP contribution in [0.15, 0.2) is 0 Å². The monoisotopic (exact) mass is 181 g/mol. The van der Waals surface area contributed by atoms with Crippen LogP contribution < -0.4 is 0 Å². The fourth-order valence-corrected chi connectivity index (χ4v) is 2.05. The SMILES string of the molecule is CC(C)C(C#N)S(=O)(=O)Cl. The molecule has 0 spiro atoms. The Morgan fingerprint density at radius 3 is 1.90 bits per heavy atom. The molecule has 0 saturated carbocycles. The zero-order chi connectivity index (χ0) is 8.36. The fourth-order valence-electron chi connectivity index (χ4n) is 0.537. The Hall–Kier alpha value is -0.270. The zero-order valence-electron chi connectivity index (χ0n) is 5.70. The van der Waals surface area contributed by atoms with Crippen LogP contribution in [-0.2, 0) is 9.05 Å². The summed E-state index contributed by atoms with van der Waals surface area (Å²) in [4.78, 5) is 0. The van der Waals surface area contributed by atoms with E-state index in [9.17, 15) is 8.42 Å². The minimum absolute atomic E-state index is 0.257. The summed E-state index contributed by atoms with van der Waals surface area (Å²) in [7, 11) is 1.24. The van der Waals surface area contributed by atoms with Crippen LogP contribution in [0.3, 0.4) is 0 Å². The van der Waals surface area contributed by atoms with Crippen molar-refractivity contribution >= 4 is 19.7 Å². The second-order valence-corrected chi connectivity index (χ2v) is 5.02. The maximum atomic E-state index is 10.5. The van der Waals surface area contributed by atoms with Crippen LogP contribution in [0.25, 0.3) is 0 Å². The molecule has 1 unspecified atom stereocenters. The lowest BCUT2D eigenvalue weighted by Gasteiger charge is -2.06. The summed E-state index contributed by atoms with van der Waals surface area (Å²) in [6, 6.07) is 1.62. The van der Waals surface area contributed by atoms with E-state index in [-0.39, 0.29) is 5.92 Å². The van der Waals surface area contributed by atoms with Crippen LogP contribution in [0, 0.1) is 17.2 Å². The highest BCUT2D eigenvalue weighted by molar-refractivity contribution is 8.14. The van der Waals surface area contributed by atoms with Crippen molar-refractivity contribution in [1.29, 1.82) is 5.26 Å². The van der Waals surface area contributed by atoms with Gasteiger partial charge >= 0.3 is 0 Å². The molecule has 0 heterocycles. The van der Waals surface area contributed by atoms with Crippen LogP contribution in [-0.4, -0.2) is 13.7 Å². The average Bonchev–Trinajstić information content (AvgIpc) is 1.60. The first-order chi connectivity index (χ1) is 4.39. The van der Waals surface area contributed by atoms with E-state index in [1.807, 2.05) is 0 Å². The molecule has 0 rings (SSSR count). The number of rotatable bonds is 2. The predicted molar refractivity (Wildman–Crippen MR) is 39.0 cm³/mol. The van der Waals surface area contributed by atoms with Gasteiger partial charge in [-0.2, -0.15) is 5.26 Å². The number of hydrogen-bond acceptors (Lipinski definition) is 3. The third-order valence-corrected chi connectivity index (χ3v) is 2.87. The minimum Gasteiger partial charge on any atom is -0.211 e. The van der Waals surface area contributed by atoms with Crippen molar-refractivity contribution in [2.75, 3.05) is 0 Å². The second-order valence-electron chi connectivity index (χ2n) is 2.27. The Kier molecular flexibility index (Phi) is 3.13. The summed E-state index contributed by atoms with van der Waals surface area (Å²) in [6.07, 6.45) is 0. The number of nitriles is 1. The number of nitrogens with zero attached hydrogens (tertiary/aromatic N) is 1. The highest BCUT2D eigenvalue weighted by Crippen LogP contribution is 2.14. The summed E-state index contributed by atoms with van der Waals surface area (Å²) < 4.78 is 21.1. The van der Waals surface area contributed by atoms with Gasteiger partial charge in [0, 0.05) is 10.7 Å². The van der Waals surface area contributed by atoms with Crippen molar-refractivity contribution < 1.29 is 8.42 Å². The molecule has 1 atom stereocenters. The summed E-state index contributed by atoms with van der Waals surface area (Å²) in [6.45, 7) is 3.27. The van der Waals surface area contributed by atoms with Gasteiger partial charge < -0.3 is 0 Å². The highest BCUT2D eigenvalue weighted by atomic mass is 35.7. The van der Waals surface area contributed by atoms with Crippen LogP contribution in [0.5, 0.6) is 0 Å². The van der Waals surface area contributed by atoms with Crippen LogP contribution in [0.2, 0.25) is 0 Å². The Morgan fingerprint density at radius 1 is 1.50 bits per heavy atom. The van der Waals surface area contributed by atoms with Crippen molar-refractivity contribution in [2.45, 2.75) is 19.1 Å². The summed E-state index contributed by atoms with van der Waals surface area (Å²) in [5.41, 5.74) is 0. The molecule has 3 nitrogen and oxygen atoms in total. The quantitative estimate of drug-likeness (QED) is 0.600. The molecule has 10 heavy (non-hydrogen) atoms. The molecular formula is C5H8ClNO2S. The predicted octanol–water partition coefficient (Wildman–Crippen LogP) is 1.10. The Bertz CT molecular complexity index is 239. The molecule has 58 valence electrons. The van der Waals surface area contributed by atoms with Gasteiger partial charge in [-0.15, -0.1) is 0 Å². The van der Waals surface area contributed by atoms with Crippen LogP contribution >= 0.6 is 10.7 Å². The van der Waals surface area contributed by atoms with Gasteiger partial charge in [0.25, 0.3) is 0 Å². The number of hydrogen-bond donors (Lipinski definition) is 0. The summed E-state index contributed by atoms with van der Waals surface area (Å²) in [5.74, 6) is -0.257. The molecule has 0 aromatic rings. The molecule has 0 bridgehead atoms. The maximum absolute atomic E-state index is 10.5. The van der Waals surface area contributed by atoms with E-state index in [2.05, 4.69) is 0 Å². The van der Waals surface area contributed by atoms with E-state index < -0.39 is 14.3 Å². The van der Waals surface area contributed by atoms with Crippen molar-refractivity contribution in [3.63, 3.8) is 0 Å². The van der Waals surface area contributed by atoms with Gasteiger partial charge in [-0.05, 0) is 5.92 Å². The third kappa shape index (κ3) is 2.54. The molecule has 0 saturated heterocycles. The highest BCUT2D eigenvalue weighted by Gasteiger charge is 2.25. The van der Waals surface area contributed by atoms with Gasteiger partial charge in [0.2, 0.25) is 9.05 Å². The normalized spacial score (nSPS) is 14.7. The molecule has 0 aromatic carbocycles. The lowest BCUT2D eigenvalue weighted by Crippen LogP contribution is -2.20. The van der Waals surface area contributed by atoms with Crippen LogP contribution in [0.4, 0.5) is 0 Å². The van der Waals surface area contributed by atoms with Gasteiger partial charge in [0.05, 0.1) is 6.07 Å². The van der Waals surface area contributed by atoms with Gasteiger partial charge in [-0.1, -0.05) is 13.8 Å². The van der Waals surface area contributed by atoms with Crippen LogP contribution in [0.1, 0.15) is 13.8 Å². The van der Waals surface area contributed by atoms with E-state index in [0.29, 0.717) is 0 Å². The van der Waals surface area contributed by atoms with Gasteiger partial charge in [-0.25, -0.2) is 8.42 Å². The topological polar surface area (TPSA) is 57.9 Å². The molecule has 0 fully saturated rings. The number of halogens is 1. The largest absolute Gasteiger partial charge is 0.249 e. The standard InChI is InChI=1S/C5H8ClNO2S/c1-4(2)5(3-7)10(6,8)9/h4-5H,1-2H3. The molecular weight excluding hydrogens is 174 g/mol. The third-order valence-electron chi connectivity index (χ3n) is 1.04. The molecule has 5 heteroatoms. The van der Waals surface area contributed by atoms with E-state index in [1.54, 1.807) is 19.9 Å². The fraction of sp³-hybridized carbons (Fsp3) is 0.800. The molecule has 0 aromatic heterocycles. The van der Waals surface area contributed by atoms with Gasteiger partial charge in [0.15, 0.2) is 5.25 Å². The zero-order valence-corrected chi connectivity index (χ0v) is 7.28.